The first-order chi connectivity index (χ1) is 8.65. The molecule has 0 spiro atoms. The van der Waals surface area contributed by atoms with Crippen LogP contribution in [0.15, 0.2) is 41.3 Å². The second kappa shape index (κ2) is 3.80. The predicted octanol–water partition coefficient (Wildman–Crippen LogP) is 2.16. The molecule has 4 nitrogen and oxygen atoms in total. The first-order valence-corrected chi connectivity index (χ1v) is 5.48. The Morgan fingerprint density at radius 3 is 2.83 bits per heavy atom. The maximum Gasteiger partial charge on any atom is 0.272 e. The molecule has 18 heavy (non-hydrogen) atoms. The van der Waals surface area contributed by atoms with Gasteiger partial charge < -0.3 is 0 Å². The normalized spacial score (nSPS) is 11.0. The molecule has 0 amide bonds. The van der Waals surface area contributed by atoms with E-state index in [1.54, 1.807) is 16.9 Å². The lowest BCUT2D eigenvalue weighted by Gasteiger charge is -2.03. The van der Waals surface area contributed by atoms with E-state index in [0.717, 1.165) is 11.4 Å². The van der Waals surface area contributed by atoms with Crippen LogP contribution in [0.2, 0.25) is 0 Å². The van der Waals surface area contributed by atoms with Gasteiger partial charge in [-0.15, -0.1) is 0 Å². The topological polar surface area (TPSA) is 50.7 Å². The van der Waals surface area contributed by atoms with Crippen molar-refractivity contribution in [3.63, 3.8) is 0 Å². The van der Waals surface area contributed by atoms with Crippen LogP contribution in [0.1, 0.15) is 5.69 Å². The second-order valence-electron chi connectivity index (χ2n) is 4.10. The maximum atomic E-state index is 13.1. The number of fused-ring (bicyclic) bond motifs is 1. The number of aryl methyl sites for hydroxylation is 1. The van der Waals surface area contributed by atoms with E-state index in [1.165, 1.54) is 12.1 Å². The van der Waals surface area contributed by atoms with Gasteiger partial charge in [-0.05, 0) is 37.3 Å². The van der Waals surface area contributed by atoms with Crippen molar-refractivity contribution in [2.24, 2.45) is 0 Å². The molecular weight excluding hydrogens is 233 g/mol. The number of nitrogens with zero attached hydrogens (tertiary/aromatic N) is 2. The van der Waals surface area contributed by atoms with Gasteiger partial charge in [0.15, 0.2) is 0 Å². The summed E-state index contributed by atoms with van der Waals surface area (Å²) in [6.07, 6.45) is 1.66. The summed E-state index contributed by atoms with van der Waals surface area (Å²) in [6.45, 7) is 1.88. The first kappa shape index (κ1) is 10.7. The zero-order valence-electron chi connectivity index (χ0n) is 9.64. The summed E-state index contributed by atoms with van der Waals surface area (Å²) in [5, 5.41) is 3.00. The molecule has 1 N–H and O–H groups in total. The molecule has 3 aromatic rings. The van der Waals surface area contributed by atoms with Gasteiger partial charge in [-0.2, -0.15) is 0 Å². The van der Waals surface area contributed by atoms with Crippen molar-refractivity contribution < 1.29 is 4.39 Å². The van der Waals surface area contributed by atoms with Gasteiger partial charge in [-0.3, -0.25) is 19.6 Å². The lowest BCUT2D eigenvalue weighted by atomic mass is 10.2. The number of hydrogen-bond acceptors (Lipinski definition) is 2. The van der Waals surface area contributed by atoms with Crippen LogP contribution in [-0.2, 0) is 0 Å². The van der Waals surface area contributed by atoms with E-state index in [1.807, 2.05) is 19.1 Å². The molecule has 0 bridgehead atoms. The van der Waals surface area contributed by atoms with Gasteiger partial charge in [-0.1, -0.05) is 0 Å². The van der Waals surface area contributed by atoms with Crippen molar-refractivity contribution in [1.82, 2.24) is 14.8 Å². The highest BCUT2D eigenvalue weighted by Gasteiger charge is 2.08. The Morgan fingerprint density at radius 1 is 1.28 bits per heavy atom. The summed E-state index contributed by atoms with van der Waals surface area (Å²) in [6, 6.07) is 7.83. The number of aromatic amines is 1. The van der Waals surface area contributed by atoms with Crippen molar-refractivity contribution >= 4 is 10.9 Å². The van der Waals surface area contributed by atoms with Crippen molar-refractivity contribution in [1.29, 1.82) is 0 Å². The van der Waals surface area contributed by atoms with E-state index in [0.29, 0.717) is 10.9 Å². The average Bonchev–Trinajstić information content (AvgIpc) is 2.68. The summed E-state index contributed by atoms with van der Waals surface area (Å²) in [5.41, 5.74) is 1.94. The number of H-pyrrole nitrogens is 1. The van der Waals surface area contributed by atoms with Gasteiger partial charge in [0.1, 0.15) is 5.82 Å². The molecule has 0 radical (unpaired) electrons. The quantitative estimate of drug-likeness (QED) is 0.712. The minimum atomic E-state index is -0.423. The van der Waals surface area contributed by atoms with Crippen molar-refractivity contribution in [2.45, 2.75) is 6.92 Å². The molecule has 0 fully saturated rings. The van der Waals surface area contributed by atoms with Crippen LogP contribution in [0, 0.1) is 12.7 Å². The van der Waals surface area contributed by atoms with Crippen molar-refractivity contribution in [2.75, 3.05) is 0 Å². The van der Waals surface area contributed by atoms with E-state index in [9.17, 15) is 9.18 Å². The Kier molecular flexibility index (Phi) is 2.26. The first-order valence-electron chi connectivity index (χ1n) is 5.48. The van der Waals surface area contributed by atoms with Crippen molar-refractivity contribution in [3.05, 3.63) is 58.4 Å². The molecule has 2 heterocycles. The molecule has 0 atom stereocenters. The highest BCUT2D eigenvalue weighted by atomic mass is 19.1. The summed E-state index contributed by atoms with van der Waals surface area (Å²) < 4.78 is 14.7. The molecule has 90 valence electrons. The van der Waals surface area contributed by atoms with E-state index < -0.39 is 5.82 Å². The Labute approximate surface area is 102 Å². The fourth-order valence-electron chi connectivity index (χ4n) is 1.90. The van der Waals surface area contributed by atoms with Gasteiger partial charge in [0.25, 0.3) is 5.56 Å². The number of pyridine rings is 1. The zero-order chi connectivity index (χ0) is 12.7. The van der Waals surface area contributed by atoms with Crippen molar-refractivity contribution in [3.8, 4) is 5.69 Å². The number of halogens is 1. The summed E-state index contributed by atoms with van der Waals surface area (Å²) in [4.78, 5) is 15.9. The second-order valence-corrected chi connectivity index (χ2v) is 4.10. The lowest BCUT2D eigenvalue weighted by molar-refractivity contribution is 0.629. The largest absolute Gasteiger partial charge is 0.272 e. The van der Waals surface area contributed by atoms with Crippen LogP contribution in [0.5, 0.6) is 0 Å². The Hall–Kier alpha value is -2.43. The standard InChI is InChI=1S/C13H10FN3O/c1-8-2-4-10(7-15-8)17-12-5-3-9(14)6-11(12)13(18)16-17/h2-7H,1H3,(H,16,18). The SMILES string of the molecule is Cc1ccc(-n2[nH]c(=O)c3cc(F)ccc32)cn1. The van der Waals surface area contributed by atoms with Crippen LogP contribution >= 0.6 is 0 Å². The van der Waals surface area contributed by atoms with E-state index in [2.05, 4.69) is 10.1 Å². The molecule has 1 aromatic carbocycles. The monoisotopic (exact) mass is 243 g/mol. The predicted molar refractivity (Wildman–Crippen MR) is 66.4 cm³/mol. The highest BCUT2D eigenvalue weighted by Crippen LogP contribution is 2.15. The number of nitrogens with one attached hydrogen (secondary N) is 1. The average molecular weight is 243 g/mol. The van der Waals surface area contributed by atoms with Gasteiger partial charge in [0.2, 0.25) is 0 Å². The minimum absolute atomic E-state index is 0.315. The summed E-state index contributed by atoms with van der Waals surface area (Å²) >= 11 is 0. The third-order valence-electron chi connectivity index (χ3n) is 2.81. The Balaban J connectivity index is 2.30. The van der Waals surface area contributed by atoms with E-state index >= 15 is 0 Å². The third kappa shape index (κ3) is 1.60. The van der Waals surface area contributed by atoms with Gasteiger partial charge in [-0.25, -0.2) is 4.39 Å². The highest BCUT2D eigenvalue weighted by molar-refractivity contribution is 5.80. The van der Waals surface area contributed by atoms with Gasteiger partial charge in [0.05, 0.1) is 22.8 Å². The van der Waals surface area contributed by atoms with Crippen LogP contribution in [0.25, 0.3) is 16.6 Å². The van der Waals surface area contributed by atoms with Crippen LogP contribution < -0.4 is 5.56 Å². The van der Waals surface area contributed by atoms with Crippen LogP contribution in [-0.4, -0.2) is 14.8 Å². The number of rotatable bonds is 1. The fourth-order valence-corrected chi connectivity index (χ4v) is 1.90. The lowest BCUT2D eigenvalue weighted by Crippen LogP contribution is -2.04. The fraction of sp³-hybridized carbons (Fsp3) is 0.0769. The Bertz CT molecular complexity index is 771. The van der Waals surface area contributed by atoms with E-state index in [-0.39, 0.29) is 5.56 Å². The van der Waals surface area contributed by atoms with Gasteiger partial charge in [0, 0.05) is 5.69 Å². The molecule has 5 heteroatoms. The molecule has 0 saturated heterocycles. The molecular formula is C13H10FN3O. The molecule has 0 unspecified atom stereocenters. The number of hydrogen-bond donors (Lipinski definition) is 1. The Morgan fingerprint density at radius 2 is 2.11 bits per heavy atom. The summed E-state index contributed by atoms with van der Waals surface area (Å²) in [5.74, 6) is -0.423. The van der Waals surface area contributed by atoms with Crippen LogP contribution in [0.4, 0.5) is 4.39 Å². The third-order valence-corrected chi connectivity index (χ3v) is 2.81. The number of benzene rings is 1. The summed E-state index contributed by atoms with van der Waals surface area (Å²) in [7, 11) is 0. The molecule has 0 saturated carbocycles. The molecule has 3 rings (SSSR count). The van der Waals surface area contributed by atoms with Crippen LogP contribution in [0.3, 0.4) is 0 Å². The molecule has 0 aliphatic carbocycles. The molecule has 0 aliphatic heterocycles. The maximum absolute atomic E-state index is 13.1. The zero-order valence-corrected chi connectivity index (χ0v) is 9.64. The number of aromatic nitrogens is 3. The minimum Gasteiger partial charge on any atom is -0.267 e. The smallest absolute Gasteiger partial charge is 0.267 e. The van der Waals surface area contributed by atoms with E-state index in [4.69, 9.17) is 0 Å². The molecule has 2 aromatic heterocycles. The van der Waals surface area contributed by atoms with Gasteiger partial charge >= 0.3 is 0 Å². The molecule has 0 aliphatic rings.